The number of alkyl carbamates (subject to hydrolysis) is 1. The number of carbonyl (C=O) groups is 3. The van der Waals surface area contributed by atoms with Crippen LogP contribution in [0.15, 0.2) is 60.7 Å². The molecule has 1 saturated heterocycles. The molecular weight excluding hydrogens is 568 g/mol. The van der Waals surface area contributed by atoms with E-state index in [4.69, 9.17) is 4.74 Å². The van der Waals surface area contributed by atoms with Crippen molar-refractivity contribution in [3.63, 3.8) is 0 Å². The lowest BCUT2D eigenvalue weighted by Gasteiger charge is -2.36. The Balaban J connectivity index is 1.80. The van der Waals surface area contributed by atoms with Crippen LogP contribution in [-0.4, -0.2) is 77.4 Å². The maximum absolute atomic E-state index is 14.0. The van der Waals surface area contributed by atoms with Crippen molar-refractivity contribution in [2.24, 2.45) is 11.8 Å². The highest BCUT2D eigenvalue weighted by Gasteiger charge is 2.35. The van der Waals surface area contributed by atoms with Crippen molar-refractivity contribution in [3.8, 4) is 0 Å². The molecule has 0 aromatic heterocycles. The highest BCUT2D eigenvalue weighted by Crippen LogP contribution is 2.21. The van der Waals surface area contributed by atoms with Crippen molar-refractivity contribution in [3.05, 3.63) is 71.8 Å². The van der Waals surface area contributed by atoms with Gasteiger partial charge in [-0.15, -0.1) is 0 Å². The monoisotopic (exact) mass is 622 g/mol. The van der Waals surface area contributed by atoms with Crippen LogP contribution in [0.3, 0.4) is 0 Å². The molecular formula is C36H54N4O5. The number of aliphatic hydroxyl groups is 1. The normalized spacial score (nSPS) is 16.8. The zero-order valence-corrected chi connectivity index (χ0v) is 27.9. The van der Waals surface area contributed by atoms with E-state index in [1.165, 1.54) is 0 Å². The molecule has 0 aliphatic carbocycles. The molecule has 45 heavy (non-hydrogen) atoms. The van der Waals surface area contributed by atoms with Gasteiger partial charge in [0.2, 0.25) is 11.8 Å². The van der Waals surface area contributed by atoms with Gasteiger partial charge in [0.25, 0.3) is 0 Å². The number of carbonyl (C=O) groups excluding carboxylic acids is 3. The summed E-state index contributed by atoms with van der Waals surface area (Å²) in [6.45, 7) is 13.5. The van der Waals surface area contributed by atoms with Crippen molar-refractivity contribution in [2.75, 3.05) is 19.6 Å². The van der Waals surface area contributed by atoms with Gasteiger partial charge in [0.05, 0.1) is 12.1 Å². The molecule has 0 saturated carbocycles. The number of likely N-dealkylation sites (tertiary alicyclic amines) is 1. The van der Waals surface area contributed by atoms with Gasteiger partial charge in [-0.05, 0) is 76.5 Å². The Morgan fingerprint density at radius 1 is 0.911 bits per heavy atom. The SMILES string of the molecule is CCNC1CCN(C(=O)[C@@H](NC(=O)[C@@H](Cc2ccccc2)C[C@@H](O)[C@H](Cc2ccccc2)NC(=O)OC(C)(C)C)C(C)C)CC1. The lowest BCUT2D eigenvalue weighted by atomic mass is 9.88. The summed E-state index contributed by atoms with van der Waals surface area (Å²) in [6, 6.07) is 18.3. The first-order valence-electron chi connectivity index (χ1n) is 16.4. The van der Waals surface area contributed by atoms with E-state index in [0.717, 1.165) is 30.5 Å². The zero-order valence-electron chi connectivity index (χ0n) is 27.9. The van der Waals surface area contributed by atoms with E-state index in [1.807, 2.05) is 79.4 Å². The Hall–Kier alpha value is -3.43. The van der Waals surface area contributed by atoms with Crippen LogP contribution in [0.2, 0.25) is 0 Å². The molecule has 0 unspecified atom stereocenters. The number of amides is 3. The molecule has 1 aliphatic rings. The van der Waals surface area contributed by atoms with Crippen LogP contribution >= 0.6 is 0 Å². The number of aliphatic hydroxyl groups excluding tert-OH is 1. The summed E-state index contributed by atoms with van der Waals surface area (Å²) in [7, 11) is 0. The van der Waals surface area contributed by atoms with E-state index < -0.39 is 35.8 Å². The molecule has 9 nitrogen and oxygen atoms in total. The highest BCUT2D eigenvalue weighted by atomic mass is 16.6. The molecule has 248 valence electrons. The molecule has 2 aromatic rings. The van der Waals surface area contributed by atoms with Crippen molar-refractivity contribution >= 4 is 17.9 Å². The van der Waals surface area contributed by atoms with Crippen molar-refractivity contribution in [1.29, 1.82) is 0 Å². The number of ether oxygens (including phenoxy) is 1. The number of rotatable bonds is 14. The Bertz CT molecular complexity index is 1190. The molecule has 3 rings (SSSR count). The number of hydrogen-bond donors (Lipinski definition) is 4. The number of nitrogens with zero attached hydrogens (tertiary/aromatic N) is 1. The van der Waals surface area contributed by atoms with Crippen LogP contribution in [-0.2, 0) is 27.2 Å². The van der Waals surface area contributed by atoms with Gasteiger partial charge >= 0.3 is 6.09 Å². The maximum Gasteiger partial charge on any atom is 0.407 e. The van der Waals surface area contributed by atoms with Gasteiger partial charge in [0, 0.05) is 25.0 Å². The fraction of sp³-hybridized carbons (Fsp3) is 0.583. The van der Waals surface area contributed by atoms with Crippen LogP contribution in [0.5, 0.6) is 0 Å². The van der Waals surface area contributed by atoms with Gasteiger partial charge in [-0.25, -0.2) is 4.79 Å². The average molecular weight is 623 g/mol. The first-order chi connectivity index (χ1) is 21.4. The number of hydrogen-bond acceptors (Lipinski definition) is 6. The highest BCUT2D eigenvalue weighted by molar-refractivity contribution is 5.89. The molecule has 9 heteroatoms. The number of piperidine rings is 1. The van der Waals surface area contributed by atoms with Crippen molar-refractivity contribution < 1.29 is 24.2 Å². The van der Waals surface area contributed by atoms with E-state index in [2.05, 4.69) is 22.9 Å². The third-order valence-electron chi connectivity index (χ3n) is 8.22. The topological polar surface area (TPSA) is 120 Å². The van der Waals surface area contributed by atoms with E-state index in [9.17, 15) is 19.5 Å². The van der Waals surface area contributed by atoms with Gasteiger partial charge in [-0.3, -0.25) is 9.59 Å². The molecule has 4 atom stereocenters. The molecule has 0 radical (unpaired) electrons. The number of nitrogens with one attached hydrogen (secondary N) is 3. The minimum Gasteiger partial charge on any atom is -0.444 e. The van der Waals surface area contributed by atoms with Gasteiger partial charge in [-0.2, -0.15) is 0 Å². The Morgan fingerprint density at radius 3 is 1.98 bits per heavy atom. The summed E-state index contributed by atoms with van der Waals surface area (Å²) in [6.07, 6.45) is 0.896. The predicted molar refractivity (Wildman–Crippen MR) is 178 cm³/mol. The van der Waals surface area contributed by atoms with Gasteiger partial charge in [0.1, 0.15) is 11.6 Å². The third kappa shape index (κ3) is 12.1. The smallest absolute Gasteiger partial charge is 0.407 e. The summed E-state index contributed by atoms with van der Waals surface area (Å²) in [5.74, 6) is -1.12. The Morgan fingerprint density at radius 2 is 1.47 bits per heavy atom. The Kier molecular flexibility index (Phi) is 13.9. The van der Waals surface area contributed by atoms with Crippen LogP contribution in [0.25, 0.3) is 0 Å². The molecule has 1 aliphatic heterocycles. The first kappa shape index (κ1) is 36.0. The molecule has 4 N–H and O–H groups in total. The lowest BCUT2D eigenvalue weighted by Crippen LogP contribution is -2.55. The van der Waals surface area contributed by atoms with Crippen molar-refractivity contribution in [1.82, 2.24) is 20.9 Å². The van der Waals surface area contributed by atoms with Crippen LogP contribution in [0, 0.1) is 11.8 Å². The Labute approximate surface area is 269 Å². The standard InChI is InChI=1S/C36H54N4O5/c1-7-37-29-18-20-40(21-19-29)34(43)32(25(2)3)39-33(42)28(22-26-14-10-8-11-15-26)24-31(41)30(23-27-16-12-9-13-17-27)38-35(44)45-36(4,5)6/h8-17,25,28-32,37,41H,7,18-24H2,1-6H3,(H,38,44)(H,39,42)/t28-,30-,31+,32-/m0/s1. The second-order valence-electron chi connectivity index (χ2n) is 13.5. The third-order valence-corrected chi connectivity index (χ3v) is 8.22. The molecule has 1 heterocycles. The van der Waals surface area contributed by atoms with Crippen LogP contribution in [0.1, 0.15) is 71.9 Å². The van der Waals surface area contributed by atoms with Gasteiger partial charge in [0.15, 0.2) is 0 Å². The minimum absolute atomic E-state index is 0.0687. The van der Waals surface area contributed by atoms with Gasteiger partial charge < -0.3 is 30.7 Å². The summed E-state index contributed by atoms with van der Waals surface area (Å²) in [4.78, 5) is 42.3. The largest absolute Gasteiger partial charge is 0.444 e. The van der Waals surface area contributed by atoms with E-state index in [1.54, 1.807) is 20.8 Å². The fourth-order valence-corrected chi connectivity index (χ4v) is 5.82. The summed E-state index contributed by atoms with van der Waals surface area (Å²) in [5.41, 5.74) is 1.18. The first-order valence-corrected chi connectivity index (χ1v) is 16.4. The van der Waals surface area contributed by atoms with Crippen molar-refractivity contribution in [2.45, 2.75) is 103 Å². The van der Waals surface area contributed by atoms with E-state index in [0.29, 0.717) is 32.0 Å². The zero-order chi connectivity index (χ0) is 33.0. The quantitative estimate of drug-likeness (QED) is 0.247. The van der Waals surface area contributed by atoms with E-state index in [-0.39, 0.29) is 24.2 Å². The molecule has 1 fully saturated rings. The van der Waals surface area contributed by atoms with Gasteiger partial charge in [-0.1, -0.05) is 81.4 Å². The van der Waals surface area contributed by atoms with E-state index >= 15 is 0 Å². The summed E-state index contributed by atoms with van der Waals surface area (Å²) >= 11 is 0. The van der Waals surface area contributed by atoms with Crippen LogP contribution < -0.4 is 16.0 Å². The average Bonchev–Trinajstić information content (AvgIpc) is 2.99. The molecule has 3 amide bonds. The second-order valence-corrected chi connectivity index (χ2v) is 13.5. The molecule has 0 bridgehead atoms. The summed E-state index contributed by atoms with van der Waals surface area (Å²) < 4.78 is 5.50. The molecule has 2 aromatic carbocycles. The summed E-state index contributed by atoms with van der Waals surface area (Å²) in [5, 5.41) is 21.0. The lowest BCUT2D eigenvalue weighted by molar-refractivity contribution is -0.139. The maximum atomic E-state index is 14.0. The molecule has 0 spiro atoms. The minimum atomic E-state index is -1.06. The van der Waals surface area contributed by atoms with Crippen LogP contribution in [0.4, 0.5) is 4.79 Å². The fourth-order valence-electron chi connectivity index (χ4n) is 5.82. The number of benzene rings is 2. The predicted octanol–water partition coefficient (Wildman–Crippen LogP) is 4.47. The second kappa shape index (κ2) is 17.3.